The molecule has 0 amide bonds. The first-order valence-corrected chi connectivity index (χ1v) is 8.65. The highest BCUT2D eigenvalue weighted by Crippen LogP contribution is 2.32. The summed E-state index contributed by atoms with van der Waals surface area (Å²) in [5.41, 5.74) is 1.09. The molecular weight excluding hydrogens is 416 g/mol. The molecule has 9 heteroatoms. The molecule has 0 spiro atoms. The van der Waals surface area contributed by atoms with Crippen molar-refractivity contribution < 1.29 is 10.0 Å². The predicted molar refractivity (Wildman–Crippen MR) is 105 cm³/mol. The Hall–Kier alpha value is -3.20. The number of para-hydroxylation sites is 1. The van der Waals surface area contributed by atoms with Crippen LogP contribution in [-0.2, 0) is 7.05 Å². The first-order valence-electron chi connectivity index (χ1n) is 7.86. The van der Waals surface area contributed by atoms with Crippen molar-refractivity contribution in [2.24, 2.45) is 12.0 Å². The number of nitro groups is 1. The number of nitrogens with zero attached hydrogens (tertiary/aromatic N) is 4. The molecule has 0 saturated heterocycles. The van der Waals surface area contributed by atoms with Crippen molar-refractivity contribution in [3.8, 4) is 11.4 Å². The second kappa shape index (κ2) is 7.20. The smallest absolute Gasteiger partial charge is 0.297 e. The Morgan fingerprint density at radius 1 is 1.26 bits per heavy atom. The molecule has 0 aliphatic rings. The number of hydrogen-bond donors (Lipinski definition) is 1. The van der Waals surface area contributed by atoms with Gasteiger partial charge < -0.3 is 5.11 Å². The molecule has 138 valence electrons. The fourth-order valence-electron chi connectivity index (χ4n) is 2.65. The van der Waals surface area contributed by atoms with E-state index < -0.39 is 4.92 Å². The highest BCUT2D eigenvalue weighted by molar-refractivity contribution is 9.10. The molecule has 1 heterocycles. The number of benzene rings is 2. The number of nitro benzene ring substituents is 1. The van der Waals surface area contributed by atoms with Gasteiger partial charge in [-0.2, -0.15) is 0 Å². The molecule has 0 aliphatic carbocycles. The second-order valence-corrected chi connectivity index (χ2v) is 6.65. The topological polar surface area (TPSA) is 103 Å². The third kappa shape index (κ3) is 3.41. The van der Waals surface area contributed by atoms with Crippen LogP contribution in [0.25, 0.3) is 5.69 Å². The van der Waals surface area contributed by atoms with Gasteiger partial charge in [0.2, 0.25) is 0 Å². The van der Waals surface area contributed by atoms with Crippen LogP contribution in [0.5, 0.6) is 5.75 Å². The maximum atomic E-state index is 12.8. The SMILES string of the molecule is Cc1c(/N=C/c2cc([N+](=O)[O-])cc(Br)c2O)c(=O)n(-c2ccccc2)n1C. The molecular formula is C18H15BrN4O4. The molecule has 3 rings (SSSR count). The number of phenolic OH excluding ortho intramolecular Hbond substituents is 1. The van der Waals surface area contributed by atoms with Crippen LogP contribution in [-0.4, -0.2) is 25.6 Å². The van der Waals surface area contributed by atoms with E-state index in [9.17, 15) is 20.0 Å². The molecule has 0 fully saturated rings. The van der Waals surface area contributed by atoms with Crippen molar-refractivity contribution in [2.45, 2.75) is 6.92 Å². The van der Waals surface area contributed by atoms with E-state index >= 15 is 0 Å². The summed E-state index contributed by atoms with van der Waals surface area (Å²) in [6.45, 7) is 1.75. The molecule has 8 nitrogen and oxygen atoms in total. The highest BCUT2D eigenvalue weighted by atomic mass is 79.9. The van der Waals surface area contributed by atoms with E-state index in [0.717, 1.165) is 0 Å². The van der Waals surface area contributed by atoms with Crippen molar-refractivity contribution in [2.75, 3.05) is 0 Å². The molecule has 0 bridgehead atoms. The van der Waals surface area contributed by atoms with Crippen molar-refractivity contribution in [1.82, 2.24) is 9.36 Å². The molecule has 1 N–H and O–H groups in total. The summed E-state index contributed by atoms with van der Waals surface area (Å²) in [5, 5.41) is 21.1. The number of hydrogen-bond acceptors (Lipinski definition) is 5. The van der Waals surface area contributed by atoms with Gasteiger partial charge in [-0.25, -0.2) is 9.67 Å². The zero-order valence-corrected chi connectivity index (χ0v) is 16.0. The van der Waals surface area contributed by atoms with Crippen LogP contribution in [0.15, 0.2) is 56.7 Å². The second-order valence-electron chi connectivity index (χ2n) is 5.79. The Bertz CT molecular complexity index is 1120. The normalized spacial score (nSPS) is 11.2. The minimum Gasteiger partial charge on any atom is -0.506 e. The maximum absolute atomic E-state index is 12.8. The fourth-order valence-corrected chi connectivity index (χ4v) is 3.11. The van der Waals surface area contributed by atoms with E-state index in [2.05, 4.69) is 20.9 Å². The lowest BCUT2D eigenvalue weighted by Crippen LogP contribution is -2.19. The van der Waals surface area contributed by atoms with Crippen molar-refractivity contribution in [1.29, 1.82) is 0 Å². The van der Waals surface area contributed by atoms with Gasteiger partial charge in [0.1, 0.15) is 5.75 Å². The molecule has 0 atom stereocenters. The molecule has 0 aliphatic heterocycles. The van der Waals surface area contributed by atoms with Crippen molar-refractivity contribution >= 4 is 33.5 Å². The van der Waals surface area contributed by atoms with Gasteiger partial charge in [0, 0.05) is 31.0 Å². The summed E-state index contributed by atoms with van der Waals surface area (Å²) in [7, 11) is 1.74. The lowest BCUT2D eigenvalue weighted by atomic mass is 10.2. The minimum absolute atomic E-state index is 0.130. The summed E-state index contributed by atoms with van der Waals surface area (Å²) in [5.74, 6) is -0.193. The summed E-state index contributed by atoms with van der Waals surface area (Å²) >= 11 is 3.08. The Labute approximate surface area is 162 Å². The standard InChI is InChI=1S/C18H15BrN4O4/c1-11-16(18(25)22(21(11)2)13-6-4-3-5-7-13)20-10-12-8-14(23(26)27)9-15(19)17(12)24/h3-10,24H,1-2H3/b20-10+. The molecule has 0 saturated carbocycles. The van der Waals surface area contributed by atoms with Gasteiger partial charge in [-0.1, -0.05) is 18.2 Å². The zero-order chi connectivity index (χ0) is 19.7. The van der Waals surface area contributed by atoms with Crippen LogP contribution in [0.4, 0.5) is 11.4 Å². The molecule has 0 radical (unpaired) electrons. The van der Waals surface area contributed by atoms with E-state index in [-0.39, 0.29) is 32.7 Å². The average Bonchev–Trinajstić information content (AvgIpc) is 2.86. The van der Waals surface area contributed by atoms with Gasteiger partial charge in [-0.3, -0.25) is 19.6 Å². The largest absolute Gasteiger partial charge is 0.506 e. The quantitative estimate of drug-likeness (QED) is 0.387. The minimum atomic E-state index is -0.572. The Kier molecular flexibility index (Phi) is 4.95. The van der Waals surface area contributed by atoms with Gasteiger partial charge in [0.15, 0.2) is 5.69 Å². The summed E-state index contributed by atoms with van der Waals surface area (Å²) in [6, 6.07) is 11.5. The van der Waals surface area contributed by atoms with Crippen LogP contribution >= 0.6 is 15.9 Å². The van der Waals surface area contributed by atoms with Crippen LogP contribution < -0.4 is 5.56 Å². The summed E-state index contributed by atoms with van der Waals surface area (Å²) in [4.78, 5) is 27.4. The molecule has 3 aromatic rings. The lowest BCUT2D eigenvalue weighted by molar-refractivity contribution is -0.385. The number of halogens is 1. The number of non-ortho nitro benzene ring substituents is 1. The number of phenols is 1. The summed E-state index contributed by atoms with van der Waals surface area (Å²) in [6.07, 6.45) is 1.24. The number of rotatable bonds is 4. The maximum Gasteiger partial charge on any atom is 0.297 e. The monoisotopic (exact) mass is 430 g/mol. The van der Waals surface area contributed by atoms with Gasteiger partial charge >= 0.3 is 0 Å². The number of aliphatic imine (C=N–C) groups is 1. The van der Waals surface area contributed by atoms with Crippen LogP contribution in [0.3, 0.4) is 0 Å². The molecule has 1 aromatic heterocycles. The third-order valence-electron chi connectivity index (χ3n) is 4.15. The van der Waals surface area contributed by atoms with Gasteiger partial charge in [0.25, 0.3) is 11.2 Å². The molecule has 0 unspecified atom stereocenters. The molecule has 27 heavy (non-hydrogen) atoms. The van der Waals surface area contributed by atoms with Gasteiger partial charge in [0.05, 0.1) is 20.8 Å². The summed E-state index contributed by atoms with van der Waals surface area (Å²) < 4.78 is 3.32. The van der Waals surface area contributed by atoms with E-state index in [1.807, 2.05) is 18.2 Å². The zero-order valence-electron chi connectivity index (χ0n) is 14.5. The van der Waals surface area contributed by atoms with Gasteiger partial charge in [-0.05, 0) is 35.0 Å². The van der Waals surface area contributed by atoms with Crippen molar-refractivity contribution in [3.05, 3.63) is 78.7 Å². The van der Waals surface area contributed by atoms with E-state index in [1.165, 1.54) is 23.0 Å². The van der Waals surface area contributed by atoms with Crippen LogP contribution in [0, 0.1) is 17.0 Å². The third-order valence-corrected chi connectivity index (χ3v) is 4.75. The molecule has 2 aromatic carbocycles. The first kappa shape index (κ1) is 18.6. The predicted octanol–water partition coefficient (Wildman–Crippen LogP) is 3.61. The number of aromatic nitrogens is 2. The lowest BCUT2D eigenvalue weighted by Gasteiger charge is -2.07. The van der Waals surface area contributed by atoms with Crippen LogP contribution in [0.1, 0.15) is 11.3 Å². The van der Waals surface area contributed by atoms with Gasteiger partial charge in [-0.15, -0.1) is 0 Å². The number of aromatic hydroxyl groups is 1. The van der Waals surface area contributed by atoms with Crippen LogP contribution in [0.2, 0.25) is 0 Å². The Morgan fingerprint density at radius 2 is 1.93 bits per heavy atom. The Morgan fingerprint density at radius 3 is 2.56 bits per heavy atom. The van der Waals surface area contributed by atoms with E-state index in [0.29, 0.717) is 11.4 Å². The fraction of sp³-hybridized carbons (Fsp3) is 0.111. The average molecular weight is 431 g/mol. The first-order chi connectivity index (χ1) is 12.8. The Balaban J connectivity index is 2.10. The van der Waals surface area contributed by atoms with E-state index in [1.54, 1.807) is 30.8 Å². The van der Waals surface area contributed by atoms with E-state index in [4.69, 9.17) is 0 Å². The highest BCUT2D eigenvalue weighted by Gasteiger charge is 2.17. The van der Waals surface area contributed by atoms with Crippen molar-refractivity contribution in [3.63, 3.8) is 0 Å².